The quantitative estimate of drug-likeness (QED) is 0.902. The molecule has 0 radical (unpaired) electrons. The van der Waals surface area contributed by atoms with Crippen molar-refractivity contribution in [3.05, 3.63) is 47.3 Å². The van der Waals surface area contributed by atoms with Gasteiger partial charge in [-0.3, -0.25) is 9.52 Å². The Morgan fingerprint density at radius 2 is 1.71 bits per heavy atom. The second-order valence-corrected chi connectivity index (χ2v) is 8.65. The molecule has 2 heterocycles. The third-order valence-corrected chi connectivity index (χ3v) is 6.82. The largest absolute Gasteiger partial charge is 0.339 e. The number of thiophene rings is 1. The molecule has 0 bridgehead atoms. The topological polar surface area (TPSA) is 66.5 Å². The van der Waals surface area contributed by atoms with Crippen molar-refractivity contribution in [1.82, 2.24) is 4.90 Å². The van der Waals surface area contributed by atoms with Crippen LogP contribution >= 0.6 is 11.3 Å². The molecular formula is C17H20N2O3S2. The summed E-state index contributed by atoms with van der Waals surface area (Å²) in [7, 11) is -3.67. The number of rotatable bonds is 4. The molecule has 5 nitrogen and oxygen atoms in total. The van der Waals surface area contributed by atoms with E-state index in [2.05, 4.69) is 4.72 Å². The van der Waals surface area contributed by atoms with E-state index >= 15 is 0 Å². The first kappa shape index (κ1) is 17.0. The summed E-state index contributed by atoms with van der Waals surface area (Å²) in [5.41, 5.74) is 0.736. The van der Waals surface area contributed by atoms with Crippen molar-refractivity contribution >= 4 is 33.0 Å². The SMILES string of the molecule is O=C(c1ccccc1NS(=O)(=O)c1cccs1)N1CCCCCC1. The molecule has 1 aliphatic heterocycles. The van der Waals surface area contributed by atoms with E-state index in [1.54, 1.807) is 41.8 Å². The third-order valence-electron chi connectivity index (χ3n) is 4.05. The maximum atomic E-state index is 12.8. The van der Waals surface area contributed by atoms with Crippen molar-refractivity contribution in [2.75, 3.05) is 17.8 Å². The molecule has 128 valence electrons. The molecule has 0 atom stereocenters. The zero-order valence-electron chi connectivity index (χ0n) is 13.3. The average molecular weight is 364 g/mol. The Morgan fingerprint density at radius 1 is 1.00 bits per heavy atom. The Bertz CT molecular complexity index is 793. The van der Waals surface area contributed by atoms with Crippen LogP contribution in [0.25, 0.3) is 0 Å². The van der Waals surface area contributed by atoms with E-state index in [-0.39, 0.29) is 10.1 Å². The standard InChI is InChI=1S/C17H20N2O3S2/c20-17(19-11-5-1-2-6-12-19)14-8-3-4-9-15(14)18-24(21,22)16-10-7-13-23-16/h3-4,7-10,13,18H,1-2,5-6,11-12H2. The second kappa shape index (κ2) is 7.36. The fraction of sp³-hybridized carbons (Fsp3) is 0.353. The highest BCUT2D eigenvalue weighted by atomic mass is 32.2. The van der Waals surface area contributed by atoms with E-state index in [4.69, 9.17) is 0 Å². The number of benzene rings is 1. The van der Waals surface area contributed by atoms with E-state index in [1.165, 1.54) is 0 Å². The lowest BCUT2D eigenvalue weighted by molar-refractivity contribution is 0.0762. The summed E-state index contributed by atoms with van der Waals surface area (Å²) in [6.45, 7) is 1.45. The van der Waals surface area contributed by atoms with Gasteiger partial charge in [0.1, 0.15) is 4.21 Å². The van der Waals surface area contributed by atoms with Crippen molar-refractivity contribution in [3.63, 3.8) is 0 Å². The molecule has 0 aliphatic carbocycles. The van der Waals surface area contributed by atoms with Gasteiger partial charge in [-0.1, -0.05) is 31.0 Å². The Morgan fingerprint density at radius 3 is 2.38 bits per heavy atom. The van der Waals surface area contributed by atoms with E-state index < -0.39 is 10.0 Å². The fourth-order valence-corrected chi connectivity index (χ4v) is 4.89. The van der Waals surface area contributed by atoms with Crippen LogP contribution in [0.3, 0.4) is 0 Å². The molecule has 0 spiro atoms. The molecule has 1 N–H and O–H groups in total. The summed E-state index contributed by atoms with van der Waals surface area (Å²) < 4.78 is 27.7. The number of carbonyl (C=O) groups excluding carboxylic acids is 1. The predicted octanol–water partition coefficient (Wildman–Crippen LogP) is 3.57. The number of sulfonamides is 1. The van der Waals surface area contributed by atoms with Gasteiger partial charge in [-0.25, -0.2) is 8.42 Å². The van der Waals surface area contributed by atoms with Crippen molar-refractivity contribution in [2.24, 2.45) is 0 Å². The summed E-state index contributed by atoms with van der Waals surface area (Å²) in [5.74, 6) is -0.110. The number of anilines is 1. The maximum Gasteiger partial charge on any atom is 0.271 e. The van der Waals surface area contributed by atoms with E-state index in [0.29, 0.717) is 11.3 Å². The van der Waals surface area contributed by atoms with Crippen LogP contribution in [0.1, 0.15) is 36.0 Å². The second-order valence-electron chi connectivity index (χ2n) is 5.79. The number of hydrogen-bond donors (Lipinski definition) is 1. The van der Waals surface area contributed by atoms with Gasteiger partial charge in [0.25, 0.3) is 15.9 Å². The highest BCUT2D eigenvalue weighted by molar-refractivity contribution is 7.94. The Labute approximate surface area is 146 Å². The van der Waals surface area contributed by atoms with Crippen molar-refractivity contribution in [1.29, 1.82) is 0 Å². The first-order chi connectivity index (χ1) is 11.6. The summed E-state index contributed by atoms with van der Waals surface area (Å²) >= 11 is 1.15. The monoisotopic (exact) mass is 364 g/mol. The molecule has 1 saturated heterocycles. The van der Waals surface area contributed by atoms with Gasteiger partial charge < -0.3 is 4.90 Å². The molecule has 1 aromatic heterocycles. The van der Waals surface area contributed by atoms with E-state index in [9.17, 15) is 13.2 Å². The first-order valence-corrected chi connectivity index (χ1v) is 10.4. The number of nitrogens with zero attached hydrogens (tertiary/aromatic N) is 1. The highest BCUT2D eigenvalue weighted by Gasteiger charge is 2.23. The third kappa shape index (κ3) is 3.79. The lowest BCUT2D eigenvalue weighted by Crippen LogP contribution is -2.32. The smallest absolute Gasteiger partial charge is 0.271 e. The number of nitrogens with one attached hydrogen (secondary N) is 1. The molecule has 0 unspecified atom stereocenters. The molecule has 1 aromatic carbocycles. The normalized spacial score (nSPS) is 15.8. The highest BCUT2D eigenvalue weighted by Crippen LogP contribution is 2.24. The zero-order valence-corrected chi connectivity index (χ0v) is 14.9. The molecular weight excluding hydrogens is 344 g/mol. The van der Waals surface area contributed by atoms with Gasteiger partial charge in [0, 0.05) is 13.1 Å². The minimum Gasteiger partial charge on any atom is -0.339 e. The summed E-state index contributed by atoms with van der Waals surface area (Å²) in [6, 6.07) is 10.0. The van der Waals surface area contributed by atoms with Crippen LogP contribution in [0.4, 0.5) is 5.69 Å². The Balaban J connectivity index is 1.86. The molecule has 1 aliphatic rings. The Hall–Kier alpha value is -1.86. The predicted molar refractivity (Wildman–Crippen MR) is 95.9 cm³/mol. The van der Waals surface area contributed by atoms with Gasteiger partial charge in [-0.15, -0.1) is 11.3 Å². The van der Waals surface area contributed by atoms with Crippen LogP contribution in [0.2, 0.25) is 0 Å². The van der Waals surface area contributed by atoms with Crippen LogP contribution in [-0.2, 0) is 10.0 Å². The molecule has 2 aromatic rings. The van der Waals surface area contributed by atoms with Gasteiger partial charge in [0.05, 0.1) is 11.3 Å². The lowest BCUT2D eigenvalue weighted by Gasteiger charge is -2.22. The number of hydrogen-bond acceptors (Lipinski definition) is 4. The van der Waals surface area contributed by atoms with Crippen LogP contribution < -0.4 is 4.72 Å². The molecule has 7 heteroatoms. The van der Waals surface area contributed by atoms with Gasteiger partial charge in [0.15, 0.2) is 0 Å². The fourth-order valence-electron chi connectivity index (χ4n) is 2.81. The number of para-hydroxylation sites is 1. The van der Waals surface area contributed by atoms with Crippen LogP contribution in [0.15, 0.2) is 46.0 Å². The lowest BCUT2D eigenvalue weighted by atomic mass is 10.1. The molecule has 0 saturated carbocycles. The molecule has 1 amide bonds. The van der Waals surface area contributed by atoms with Crippen LogP contribution in [0.5, 0.6) is 0 Å². The van der Waals surface area contributed by atoms with Crippen molar-refractivity contribution in [2.45, 2.75) is 29.9 Å². The first-order valence-electron chi connectivity index (χ1n) is 8.02. The molecule has 3 rings (SSSR count). The number of carbonyl (C=O) groups is 1. The van der Waals surface area contributed by atoms with Crippen LogP contribution in [0, 0.1) is 0 Å². The summed E-state index contributed by atoms with van der Waals surface area (Å²) in [6.07, 6.45) is 4.26. The van der Waals surface area contributed by atoms with E-state index in [0.717, 1.165) is 50.1 Å². The average Bonchev–Trinajstić information content (AvgIpc) is 2.99. The molecule has 1 fully saturated rings. The van der Waals surface area contributed by atoms with Crippen LogP contribution in [-0.4, -0.2) is 32.3 Å². The minimum atomic E-state index is -3.67. The van der Waals surface area contributed by atoms with Gasteiger partial charge in [-0.05, 0) is 36.4 Å². The van der Waals surface area contributed by atoms with Crippen molar-refractivity contribution < 1.29 is 13.2 Å². The summed E-state index contributed by atoms with van der Waals surface area (Å²) in [5, 5.41) is 1.71. The minimum absolute atomic E-state index is 0.110. The maximum absolute atomic E-state index is 12.8. The van der Waals surface area contributed by atoms with Gasteiger partial charge in [-0.2, -0.15) is 0 Å². The summed E-state index contributed by atoms with van der Waals surface area (Å²) in [4.78, 5) is 14.7. The van der Waals surface area contributed by atoms with Gasteiger partial charge >= 0.3 is 0 Å². The zero-order chi connectivity index (χ0) is 17.0. The molecule has 24 heavy (non-hydrogen) atoms. The number of likely N-dealkylation sites (tertiary alicyclic amines) is 1. The Kier molecular flexibility index (Phi) is 5.20. The van der Waals surface area contributed by atoms with Gasteiger partial charge in [0.2, 0.25) is 0 Å². The van der Waals surface area contributed by atoms with Crippen molar-refractivity contribution in [3.8, 4) is 0 Å². The van der Waals surface area contributed by atoms with E-state index in [1.807, 2.05) is 4.90 Å². The number of amides is 1.